The van der Waals surface area contributed by atoms with Gasteiger partial charge in [0.15, 0.2) is 0 Å². The third-order valence-electron chi connectivity index (χ3n) is 5.83. The Kier molecular flexibility index (Phi) is 6.94. The Morgan fingerprint density at radius 2 is 1.88 bits per heavy atom. The van der Waals surface area contributed by atoms with Gasteiger partial charge in [0.25, 0.3) is 0 Å². The molecule has 2 amide bonds. The Labute approximate surface area is 194 Å². The van der Waals surface area contributed by atoms with E-state index in [1.165, 1.54) is 4.90 Å². The van der Waals surface area contributed by atoms with Crippen molar-refractivity contribution in [1.29, 1.82) is 0 Å². The predicted octanol–water partition coefficient (Wildman–Crippen LogP) is 5.91. The molecule has 0 aliphatic carbocycles. The van der Waals surface area contributed by atoms with E-state index in [-0.39, 0.29) is 24.3 Å². The Bertz CT molecular complexity index is 1030. The molecule has 2 aromatic rings. The molecule has 2 heterocycles. The monoisotopic (exact) mass is 455 g/mol. The summed E-state index contributed by atoms with van der Waals surface area (Å²) < 4.78 is 0. The Morgan fingerprint density at radius 1 is 1.19 bits per heavy atom. The topological polar surface area (TPSA) is 82.5 Å². The van der Waals surface area contributed by atoms with Gasteiger partial charge in [0, 0.05) is 30.0 Å². The van der Waals surface area contributed by atoms with Crippen LogP contribution in [-0.4, -0.2) is 22.1 Å². The number of halogens is 1. The first-order chi connectivity index (χ1) is 15.0. The van der Waals surface area contributed by atoms with Gasteiger partial charge in [-0.2, -0.15) is 0 Å². The minimum absolute atomic E-state index is 0.0428. The first-order valence-corrected chi connectivity index (χ1v) is 11.1. The fourth-order valence-corrected chi connectivity index (χ4v) is 4.05. The molecular formula is C25H30ClN3O3. The number of pyridine rings is 1. The predicted molar refractivity (Wildman–Crippen MR) is 127 cm³/mol. The van der Waals surface area contributed by atoms with Gasteiger partial charge in [-0.1, -0.05) is 44.5 Å². The first kappa shape index (κ1) is 23.8. The van der Waals surface area contributed by atoms with Crippen LogP contribution in [0, 0.1) is 5.41 Å². The van der Waals surface area contributed by atoms with E-state index in [9.17, 15) is 14.7 Å². The second-order valence-corrected chi connectivity index (χ2v) is 9.95. The van der Waals surface area contributed by atoms with Crippen molar-refractivity contribution in [3.8, 4) is 0 Å². The van der Waals surface area contributed by atoms with Crippen LogP contribution in [0.5, 0.6) is 0 Å². The van der Waals surface area contributed by atoms with Crippen molar-refractivity contribution in [2.45, 2.75) is 58.9 Å². The fourth-order valence-electron chi connectivity index (χ4n) is 3.78. The number of amides is 2. The number of rotatable bonds is 7. The van der Waals surface area contributed by atoms with Crippen molar-refractivity contribution < 1.29 is 14.7 Å². The standard InChI is InChI=1S/C25H30ClN3O3/c1-24(2,3)12-9-17-5-6-18(15-21(17)26)25(4)19(7-8-22(30)31)16-29(23(32)28-25)20-10-13-27-14-11-20/h5-6,10-11,13-16H,7-9,12H2,1-4H3,(H,28,32)(H,30,31)/t25-/m0/s1. The molecule has 1 aliphatic rings. The first-order valence-electron chi connectivity index (χ1n) is 10.7. The molecule has 1 aromatic heterocycles. The average Bonchev–Trinajstić information content (AvgIpc) is 2.72. The lowest BCUT2D eigenvalue weighted by atomic mass is 9.80. The molecule has 0 radical (unpaired) electrons. The third kappa shape index (κ3) is 5.49. The van der Waals surface area contributed by atoms with Crippen molar-refractivity contribution in [2.75, 3.05) is 4.90 Å². The van der Waals surface area contributed by atoms with Gasteiger partial charge in [-0.25, -0.2) is 4.79 Å². The number of anilines is 1. The van der Waals surface area contributed by atoms with Gasteiger partial charge >= 0.3 is 12.0 Å². The normalized spacial score (nSPS) is 18.8. The van der Waals surface area contributed by atoms with Gasteiger partial charge < -0.3 is 10.4 Å². The molecule has 2 N–H and O–H groups in total. The minimum Gasteiger partial charge on any atom is -0.481 e. The van der Waals surface area contributed by atoms with Crippen molar-refractivity contribution >= 4 is 29.3 Å². The largest absolute Gasteiger partial charge is 0.481 e. The highest BCUT2D eigenvalue weighted by Crippen LogP contribution is 2.38. The zero-order valence-corrected chi connectivity index (χ0v) is 19.7. The van der Waals surface area contributed by atoms with Crippen LogP contribution in [0.15, 0.2) is 54.5 Å². The maximum atomic E-state index is 13.0. The lowest BCUT2D eigenvalue weighted by molar-refractivity contribution is -0.137. The number of aromatic nitrogens is 1. The molecule has 1 aromatic carbocycles. The number of nitrogens with zero attached hydrogens (tertiary/aromatic N) is 2. The third-order valence-corrected chi connectivity index (χ3v) is 6.18. The minimum atomic E-state index is -0.892. The molecule has 1 atom stereocenters. The van der Waals surface area contributed by atoms with Crippen LogP contribution in [0.1, 0.15) is 58.1 Å². The number of hydrogen-bond donors (Lipinski definition) is 2. The quantitative estimate of drug-likeness (QED) is 0.543. The van der Waals surface area contributed by atoms with Crippen LogP contribution in [0.4, 0.5) is 10.5 Å². The molecule has 32 heavy (non-hydrogen) atoms. The smallest absolute Gasteiger partial charge is 0.326 e. The number of hydrogen-bond acceptors (Lipinski definition) is 3. The Morgan fingerprint density at radius 3 is 2.47 bits per heavy atom. The Balaban J connectivity index is 1.98. The van der Waals surface area contributed by atoms with Crippen LogP contribution in [0.2, 0.25) is 5.02 Å². The van der Waals surface area contributed by atoms with E-state index in [0.29, 0.717) is 10.7 Å². The maximum Gasteiger partial charge on any atom is 0.326 e. The number of nitrogens with one attached hydrogen (secondary N) is 1. The van der Waals surface area contributed by atoms with Crippen molar-refractivity contribution in [2.24, 2.45) is 5.41 Å². The molecule has 0 saturated heterocycles. The summed E-state index contributed by atoms with van der Waals surface area (Å²) in [5, 5.41) is 13.0. The molecule has 0 spiro atoms. The zero-order valence-electron chi connectivity index (χ0n) is 19.0. The van der Waals surface area contributed by atoms with E-state index in [4.69, 9.17) is 11.6 Å². The molecule has 3 rings (SSSR count). The van der Waals surface area contributed by atoms with E-state index in [1.807, 2.05) is 25.1 Å². The summed E-state index contributed by atoms with van der Waals surface area (Å²) in [6.45, 7) is 8.48. The summed E-state index contributed by atoms with van der Waals surface area (Å²) in [6, 6.07) is 9.02. The summed E-state index contributed by atoms with van der Waals surface area (Å²) in [5.41, 5.74) is 2.65. The van der Waals surface area contributed by atoms with Crippen LogP contribution >= 0.6 is 11.6 Å². The number of aliphatic carboxylic acids is 1. The van der Waals surface area contributed by atoms with E-state index in [0.717, 1.165) is 29.5 Å². The van der Waals surface area contributed by atoms with Gasteiger partial charge in [0.1, 0.15) is 0 Å². The fraction of sp³-hybridized carbons (Fsp3) is 0.400. The number of carboxylic acid groups (broad SMARTS) is 1. The van der Waals surface area contributed by atoms with E-state index < -0.39 is 11.5 Å². The number of benzene rings is 1. The number of carboxylic acids is 1. The molecule has 0 fully saturated rings. The zero-order chi connectivity index (χ0) is 23.5. The van der Waals surface area contributed by atoms with E-state index in [2.05, 4.69) is 31.1 Å². The summed E-state index contributed by atoms with van der Waals surface area (Å²) >= 11 is 6.63. The molecule has 0 unspecified atom stereocenters. The lowest BCUT2D eigenvalue weighted by Gasteiger charge is -2.41. The van der Waals surface area contributed by atoms with E-state index in [1.54, 1.807) is 30.7 Å². The second kappa shape index (κ2) is 9.33. The van der Waals surface area contributed by atoms with Crippen LogP contribution in [0.25, 0.3) is 0 Å². The van der Waals surface area contributed by atoms with Gasteiger partial charge in [-0.15, -0.1) is 0 Å². The molecule has 0 bridgehead atoms. The number of carbonyl (C=O) groups is 2. The molecule has 0 saturated carbocycles. The van der Waals surface area contributed by atoms with Crippen molar-refractivity contribution in [1.82, 2.24) is 10.3 Å². The summed E-state index contributed by atoms with van der Waals surface area (Å²) in [4.78, 5) is 29.8. The molecule has 7 heteroatoms. The van der Waals surface area contributed by atoms with Gasteiger partial charge in [0.05, 0.1) is 11.2 Å². The van der Waals surface area contributed by atoms with Gasteiger partial charge in [0.2, 0.25) is 0 Å². The highest BCUT2D eigenvalue weighted by molar-refractivity contribution is 6.31. The van der Waals surface area contributed by atoms with Crippen LogP contribution in [-0.2, 0) is 16.8 Å². The van der Waals surface area contributed by atoms with Crippen molar-refractivity contribution in [3.63, 3.8) is 0 Å². The summed E-state index contributed by atoms with van der Waals surface area (Å²) in [6.07, 6.45) is 7.07. The van der Waals surface area contributed by atoms with Crippen molar-refractivity contribution in [3.05, 3.63) is 70.6 Å². The molecule has 170 valence electrons. The Hall–Kier alpha value is -2.86. The molecule has 1 aliphatic heterocycles. The van der Waals surface area contributed by atoms with Crippen LogP contribution in [0.3, 0.4) is 0 Å². The van der Waals surface area contributed by atoms with Gasteiger partial charge in [-0.05, 0) is 66.5 Å². The molecule has 6 nitrogen and oxygen atoms in total. The second-order valence-electron chi connectivity index (χ2n) is 9.55. The van der Waals surface area contributed by atoms with E-state index >= 15 is 0 Å². The summed E-state index contributed by atoms with van der Waals surface area (Å²) in [7, 11) is 0. The van der Waals surface area contributed by atoms with Gasteiger partial charge in [-0.3, -0.25) is 14.7 Å². The number of aryl methyl sites for hydroxylation is 1. The molecular weight excluding hydrogens is 426 g/mol. The maximum absolute atomic E-state index is 13.0. The lowest BCUT2D eigenvalue weighted by Crippen LogP contribution is -2.54. The number of urea groups is 1. The SMILES string of the molecule is CC(C)(C)CCc1ccc([C@]2(C)NC(=O)N(c3ccncc3)C=C2CCC(=O)O)cc1Cl. The summed E-state index contributed by atoms with van der Waals surface area (Å²) in [5.74, 6) is -0.892. The average molecular weight is 456 g/mol. The highest BCUT2D eigenvalue weighted by atomic mass is 35.5. The van der Waals surface area contributed by atoms with Crippen LogP contribution < -0.4 is 10.2 Å². The number of carbonyl (C=O) groups excluding carboxylic acids is 1. The highest BCUT2D eigenvalue weighted by Gasteiger charge is 2.39.